The van der Waals surface area contributed by atoms with Gasteiger partial charge in [-0.15, -0.1) is 0 Å². The molecule has 0 spiro atoms. The second kappa shape index (κ2) is 4.96. The maximum atomic E-state index is 4.12. The summed E-state index contributed by atoms with van der Waals surface area (Å²) in [5, 5.41) is 0. The molecule has 0 aromatic rings. The smallest absolute Gasteiger partial charge is 0.00302 e. The van der Waals surface area contributed by atoms with Crippen LogP contribution in [-0.2, 0) is 0 Å². The molecule has 1 unspecified atom stereocenters. The molecule has 0 aromatic heterocycles. The van der Waals surface area contributed by atoms with E-state index >= 15 is 0 Å². The number of thioether (sulfide) groups is 1. The summed E-state index contributed by atoms with van der Waals surface area (Å²) >= 11 is 2.11. The highest BCUT2D eigenvalue weighted by Gasteiger charge is 2.15. The maximum Gasteiger partial charge on any atom is -0.00302 e. The summed E-state index contributed by atoms with van der Waals surface area (Å²) < 4.78 is 0. The van der Waals surface area contributed by atoms with Crippen LogP contribution in [0.15, 0.2) is 12.2 Å². The molecule has 0 radical (unpaired) electrons. The Morgan fingerprint density at radius 3 is 3.00 bits per heavy atom. The Morgan fingerprint density at radius 1 is 1.58 bits per heavy atom. The molecule has 12 heavy (non-hydrogen) atoms. The van der Waals surface area contributed by atoms with Crippen LogP contribution in [0.4, 0.5) is 0 Å². The Morgan fingerprint density at radius 2 is 2.33 bits per heavy atom. The topological polar surface area (TPSA) is 0 Å². The van der Waals surface area contributed by atoms with Gasteiger partial charge in [-0.25, -0.2) is 0 Å². The van der Waals surface area contributed by atoms with Crippen LogP contribution in [-0.4, -0.2) is 11.5 Å². The quantitative estimate of drug-likeness (QED) is 0.589. The van der Waals surface area contributed by atoms with Gasteiger partial charge < -0.3 is 0 Å². The molecule has 1 rings (SSSR count). The van der Waals surface area contributed by atoms with Crippen molar-refractivity contribution in [3.63, 3.8) is 0 Å². The average Bonchev–Trinajstić information content (AvgIpc) is 2.12. The molecule has 0 bridgehead atoms. The average molecular weight is 184 g/mol. The first-order valence-electron chi connectivity index (χ1n) is 4.93. The molecule has 0 saturated carbocycles. The maximum absolute atomic E-state index is 4.12. The third-order valence-electron chi connectivity index (χ3n) is 2.34. The van der Waals surface area contributed by atoms with Gasteiger partial charge in [0.2, 0.25) is 0 Å². The molecule has 1 saturated heterocycles. The Hall–Kier alpha value is 0.0900. The van der Waals surface area contributed by atoms with E-state index in [1.165, 1.54) is 36.3 Å². The van der Waals surface area contributed by atoms with Crippen molar-refractivity contribution in [2.24, 2.45) is 11.8 Å². The van der Waals surface area contributed by atoms with Crippen LogP contribution < -0.4 is 0 Å². The van der Waals surface area contributed by atoms with Gasteiger partial charge in [0.25, 0.3) is 0 Å². The van der Waals surface area contributed by atoms with Crippen molar-refractivity contribution in [1.82, 2.24) is 0 Å². The molecule has 0 amide bonds. The Bertz CT molecular complexity index is 149. The first-order chi connectivity index (χ1) is 5.68. The van der Waals surface area contributed by atoms with E-state index in [0.717, 1.165) is 11.8 Å². The van der Waals surface area contributed by atoms with Gasteiger partial charge in [-0.2, -0.15) is 11.8 Å². The van der Waals surface area contributed by atoms with Gasteiger partial charge in [-0.3, -0.25) is 0 Å². The fraction of sp³-hybridized carbons (Fsp3) is 0.818. The van der Waals surface area contributed by atoms with E-state index in [2.05, 4.69) is 32.2 Å². The third kappa shape index (κ3) is 3.66. The van der Waals surface area contributed by atoms with E-state index in [0.29, 0.717) is 0 Å². The van der Waals surface area contributed by atoms with Crippen molar-refractivity contribution >= 4 is 11.8 Å². The van der Waals surface area contributed by atoms with Gasteiger partial charge in [0.15, 0.2) is 0 Å². The van der Waals surface area contributed by atoms with E-state index in [9.17, 15) is 0 Å². The minimum Gasteiger partial charge on any atom is -0.161 e. The summed E-state index contributed by atoms with van der Waals surface area (Å²) in [5.41, 5.74) is 1.48. The Kier molecular flexibility index (Phi) is 4.20. The molecule has 0 aromatic carbocycles. The van der Waals surface area contributed by atoms with E-state index < -0.39 is 0 Å². The number of rotatable bonds is 2. The molecule has 0 N–H and O–H groups in total. The zero-order valence-corrected chi connectivity index (χ0v) is 9.12. The summed E-state index contributed by atoms with van der Waals surface area (Å²) in [6.45, 7) is 8.75. The Balaban J connectivity index is 2.36. The highest BCUT2D eigenvalue weighted by molar-refractivity contribution is 7.99. The van der Waals surface area contributed by atoms with Crippen LogP contribution in [0, 0.1) is 11.8 Å². The summed E-state index contributed by atoms with van der Waals surface area (Å²) in [7, 11) is 0. The molecule has 1 atom stereocenters. The predicted octanol–water partition coefficient (Wildman–Crippen LogP) is 3.73. The van der Waals surface area contributed by atoms with Crippen LogP contribution >= 0.6 is 11.8 Å². The Labute approximate surface area is 80.8 Å². The van der Waals surface area contributed by atoms with Crippen molar-refractivity contribution in [2.45, 2.75) is 33.1 Å². The molecule has 0 aliphatic carbocycles. The van der Waals surface area contributed by atoms with E-state index in [1.807, 2.05) is 0 Å². The summed E-state index contributed by atoms with van der Waals surface area (Å²) in [4.78, 5) is 0. The van der Waals surface area contributed by atoms with Crippen LogP contribution in [0.2, 0.25) is 0 Å². The minimum atomic E-state index is 0.849. The lowest BCUT2D eigenvalue weighted by molar-refractivity contribution is 0.442. The second-order valence-electron chi connectivity index (χ2n) is 4.27. The molecule has 1 fully saturated rings. The number of hydrogen-bond donors (Lipinski definition) is 0. The molecule has 1 aliphatic rings. The molecule has 1 heteroatoms. The van der Waals surface area contributed by atoms with Crippen LogP contribution in [0.1, 0.15) is 33.1 Å². The fourth-order valence-electron chi connectivity index (χ4n) is 1.85. The van der Waals surface area contributed by atoms with Crippen molar-refractivity contribution in [3.8, 4) is 0 Å². The first kappa shape index (κ1) is 10.2. The minimum absolute atomic E-state index is 0.849. The van der Waals surface area contributed by atoms with E-state index in [4.69, 9.17) is 0 Å². The lowest BCUT2D eigenvalue weighted by Crippen LogP contribution is -2.06. The molecule has 1 aliphatic heterocycles. The van der Waals surface area contributed by atoms with Gasteiger partial charge >= 0.3 is 0 Å². The summed E-state index contributed by atoms with van der Waals surface area (Å²) in [6.07, 6.45) is 3.91. The fourth-order valence-corrected chi connectivity index (χ4v) is 3.04. The standard InChI is InChI=1S/C11H20S/c1-9(2)6-11-7-10(3)4-5-12-8-11/h9,11H,3-8H2,1-2H3. The molecule has 70 valence electrons. The van der Waals surface area contributed by atoms with Crippen molar-refractivity contribution in [2.75, 3.05) is 11.5 Å². The largest absolute Gasteiger partial charge is 0.161 e. The van der Waals surface area contributed by atoms with E-state index in [-0.39, 0.29) is 0 Å². The first-order valence-corrected chi connectivity index (χ1v) is 6.08. The van der Waals surface area contributed by atoms with Gasteiger partial charge in [0.1, 0.15) is 0 Å². The van der Waals surface area contributed by atoms with Gasteiger partial charge in [0.05, 0.1) is 0 Å². The van der Waals surface area contributed by atoms with Gasteiger partial charge in [-0.05, 0) is 42.6 Å². The number of hydrogen-bond acceptors (Lipinski definition) is 1. The molecule has 1 heterocycles. The monoisotopic (exact) mass is 184 g/mol. The highest BCUT2D eigenvalue weighted by atomic mass is 32.2. The van der Waals surface area contributed by atoms with Crippen molar-refractivity contribution in [3.05, 3.63) is 12.2 Å². The predicted molar refractivity (Wildman–Crippen MR) is 58.6 cm³/mol. The van der Waals surface area contributed by atoms with Gasteiger partial charge in [0, 0.05) is 0 Å². The zero-order chi connectivity index (χ0) is 8.97. The number of allylic oxidation sites excluding steroid dienone is 1. The lowest BCUT2D eigenvalue weighted by atomic mass is 9.92. The van der Waals surface area contributed by atoms with Crippen LogP contribution in [0.3, 0.4) is 0 Å². The van der Waals surface area contributed by atoms with E-state index in [1.54, 1.807) is 0 Å². The normalized spacial score (nSPS) is 25.9. The van der Waals surface area contributed by atoms with Crippen LogP contribution in [0.5, 0.6) is 0 Å². The summed E-state index contributed by atoms with van der Waals surface area (Å²) in [6, 6.07) is 0. The zero-order valence-electron chi connectivity index (χ0n) is 8.31. The molecular weight excluding hydrogens is 164 g/mol. The van der Waals surface area contributed by atoms with Crippen molar-refractivity contribution < 1.29 is 0 Å². The van der Waals surface area contributed by atoms with Gasteiger partial charge in [-0.1, -0.05) is 26.0 Å². The lowest BCUT2D eigenvalue weighted by Gasteiger charge is -2.16. The van der Waals surface area contributed by atoms with Crippen molar-refractivity contribution in [1.29, 1.82) is 0 Å². The van der Waals surface area contributed by atoms with Crippen LogP contribution in [0.25, 0.3) is 0 Å². The summed E-state index contributed by atoms with van der Waals surface area (Å²) in [5.74, 6) is 4.41. The highest BCUT2D eigenvalue weighted by Crippen LogP contribution is 2.29. The SMILES string of the molecule is C=C1CCSCC(CC(C)C)C1. The molecular formula is C11H20S. The third-order valence-corrected chi connectivity index (χ3v) is 3.54. The molecule has 0 nitrogen and oxygen atoms in total. The second-order valence-corrected chi connectivity index (χ2v) is 5.42.